The van der Waals surface area contributed by atoms with Crippen LogP contribution in [-0.2, 0) is 0 Å². The molecule has 0 heterocycles. The van der Waals surface area contributed by atoms with E-state index in [1.54, 1.807) is 0 Å². The molecule has 0 atom stereocenters. The normalized spacial score (nSPS) is 18.5. The van der Waals surface area contributed by atoms with Gasteiger partial charge in [0.25, 0.3) is 0 Å². The van der Waals surface area contributed by atoms with Crippen molar-refractivity contribution >= 4 is 0 Å². The summed E-state index contributed by atoms with van der Waals surface area (Å²) in [5, 5.41) is 0. The molecule has 13 heavy (non-hydrogen) atoms. The Labute approximate surface area is 79.7 Å². The summed E-state index contributed by atoms with van der Waals surface area (Å²) in [5.74, 6) is 1.01. The molecule has 0 aromatic heterocycles. The van der Waals surface area contributed by atoms with Crippen molar-refractivity contribution in [1.29, 1.82) is 0 Å². The topological polar surface area (TPSA) is 9.23 Å². The number of benzene rings is 1. The van der Waals surface area contributed by atoms with Crippen molar-refractivity contribution in [3.05, 3.63) is 36.8 Å². The third-order valence-electron chi connectivity index (χ3n) is 2.43. The van der Waals surface area contributed by atoms with Crippen LogP contribution in [0.4, 0.5) is 0 Å². The SMILES string of the molecule is [CH]1CCC(Oc2ccccc2)CC1. The summed E-state index contributed by atoms with van der Waals surface area (Å²) in [4.78, 5) is 0. The molecule has 1 aliphatic carbocycles. The van der Waals surface area contributed by atoms with Gasteiger partial charge in [0.15, 0.2) is 0 Å². The van der Waals surface area contributed by atoms with E-state index in [0.717, 1.165) is 5.75 Å². The van der Waals surface area contributed by atoms with Gasteiger partial charge in [-0.3, -0.25) is 0 Å². The highest BCUT2D eigenvalue weighted by atomic mass is 16.5. The van der Waals surface area contributed by atoms with Crippen molar-refractivity contribution in [2.45, 2.75) is 31.8 Å². The highest BCUT2D eigenvalue weighted by Crippen LogP contribution is 2.22. The van der Waals surface area contributed by atoms with Gasteiger partial charge in [0.2, 0.25) is 0 Å². The summed E-state index contributed by atoms with van der Waals surface area (Å²) in [6, 6.07) is 10.1. The standard InChI is InChI=1S/C12H15O/c1-3-7-11(8-4-1)13-12-9-5-2-6-10-12/h1-4,7-8,12H,5-6,9-10H2. The average molecular weight is 175 g/mol. The molecule has 0 N–H and O–H groups in total. The Morgan fingerprint density at radius 2 is 1.69 bits per heavy atom. The fraction of sp³-hybridized carbons (Fsp3) is 0.417. The van der Waals surface area contributed by atoms with Gasteiger partial charge in [-0.25, -0.2) is 0 Å². The van der Waals surface area contributed by atoms with E-state index < -0.39 is 0 Å². The van der Waals surface area contributed by atoms with Gasteiger partial charge >= 0.3 is 0 Å². The summed E-state index contributed by atoms with van der Waals surface area (Å²) in [6.07, 6.45) is 7.55. The average Bonchev–Trinajstić information content (AvgIpc) is 2.21. The number of ether oxygens (including phenoxy) is 1. The van der Waals surface area contributed by atoms with Crippen molar-refractivity contribution in [2.24, 2.45) is 0 Å². The molecule has 1 aromatic rings. The third kappa shape index (κ3) is 2.48. The van der Waals surface area contributed by atoms with Gasteiger partial charge in [-0.15, -0.1) is 0 Å². The Balaban J connectivity index is 1.90. The molecule has 1 aliphatic rings. The van der Waals surface area contributed by atoms with Crippen LogP contribution in [0.25, 0.3) is 0 Å². The quantitative estimate of drug-likeness (QED) is 0.670. The highest BCUT2D eigenvalue weighted by molar-refractivity contribution is 5.21. The van der Waals surface area contributed by atoms with Crippen molar-refractivity contribution in [3.63, 3.8) is 0 Å². The van der Waals surface area contributed by atoms with Crippen molar-refractivity contribution in [1.82, 2.24) is 0 Å². The molecule has 0 aliphatic heterocycles. The molecule has 1 aromatic carbocycles. The van der Waals surface area contributed by atoms with Gasteiger partial charge in [-0.2, -0.15) is 0 Å². The maximum absolute atomic E-state index is 5.84. The first-order chi connectivity index (χ1) is 6.45. The zero-order chi connectivity index (χ0) is 8.93. The second-order valence-electron chi connectivity index (χ2n) is 3.50. The van der Waals surface area contributed by atoms with Crippen molar-refractivity contribution < 1.29 is 4.74 Å². The summed E-state index contributed by atoms with van der Waals surface area (Å²) in [5.41, 5.74) is 0. The van der Waals surface area contributed by atoms with Crippen LogP contribution in [0.1, 0.15) is 25.7 Å². The maximum atomic E-state index is 5.84. The lowest BCUT2D eigenvalue weighted by atomic mass is 9.98. The molecule has 1 nitrogen and oxygen atoms in total. The zero-order valence-electron chi connectivity index (χ0n) is 7.78. The molecule has 0 amide bonds. The predicted molar refractivity (Wildman–Crippen MR) is 53.6 cm³/mol. The molecule has 69 valence electrons. The van der Waals surface area contributed by atoms with Gasteiger partial charge in [0, 0.05) is 0 Å². The summed E-state index contributed by atoms with van der Waals surface area (Å²) >= 11 is 0. The molecule has 0 spiro atoms. The van der Waals surface area contributed by atoms with Crippen LogP contribution in [0.3, 0.4) is 0 Å². The van der Waals surface area contributed by atoms with Crippen LogP contribution < -0.4 is 4.74 Å². The lowest BCUT2D eigenvalue weighted by Gasteiger charge is -2.22. The Kier molecular flexibility index (Phi) is 2.86. The molecule has 1 heteroatoms. The fourth-order valence-corrected chi connectivity index (χ4v) is 1.71. The zero-order valence-corrected chi connectivity index (χ0v) is 7.78. The van der Waals surface area contributed by atoms with Gasteiger partial charge in [0.05, 0.1) is 6.10 Å². The largest absolute Gasteiger partial charge is 0.490 e. The molecule has 1 saturated carbocycles. The second-order valence-corrected chi connectivity index (χ2v) is 3.50. The van der Waals surface area contributed by atoms with Crippen molar-refractivity contribution in [2.75, 3.05) is 0 Å². The third-order valence-corrected chi connectivity index (χ3v) is 2.43. The van der Waals surface area contributed by atoms with E-state index >= 15 is 0 Å². The molecule has 1 fully saturated rings. The van der Waals surface area contributed by atoms with Crippen LogP contribution in [0, 0.1) is 6.42 Å². The van der Waals surface area contributed by atoms with Crippen LogP contribution in [-0.4, -0.2) is 6.10 Å². The van der Waals surface area contributed by atoms with Gasteiger partial charge in [-0.1, -0.05) is 18.2 Å². The fourth-order valence-electron chi connectivity index (χ4n) is 1.71. The summed E-state index contributed by atoms with van der Waals surface area (Å²) < 4.78 is 5.84. The first-order valence-electron chi connectivity index (χ1n) is 4.98. The monoisotopic (exact) mass is 175 g/mol. The Hall–Kier alpha value is -0.980. The van der Waals surface area contributed by atoms with Crippen LogP contribution in [0.2, 0.25) is 0 Å². The number of hydrogen-bond acceptors (Lipinski definition) is 1. The summed E-state index contributed by atoms with van der Waals surface area (Å²) in [7, 11) is 0. The molecule has 0 saturated heterocycles. The van der Waals surface area contributed by atoms with Gasteiger partial charge in [0.1, 0.15) is 5.75 Å². The smallest absolute Gasteiger partial charge is 0.119 e. The van der Waals surface area contributed by atoms with E-state index in [2.05, 4.69) is 6.42 Å². The molecule has 0 unspecified atom stereocenters. The van der Waals surface area contributed by atoms with E-state index in [-0.39, 0.29) is 0 Å². The minimum atomic E-state index is 0.437. The molecule has 2 rings (SSSR count). The predicted octanol–water partition coefficient (Wildman–Crippen LogP) is 3.21. The molecular weight excluding hydrogens is 160 g/mol. The Bertz CT molecular complexity index is 237. The highest BCUT2D eigenvalue weighted by Gasteiger charge is 2.14. The van der Waals surface area contributed by atoms with Gasteiger partial charge < -0.3 is 4.74 Å². The maximum Gasteiger partial charge on any atom is 0.119 e. The van der Waals surface area contributed by atoms with E-state index in [4.69, 9.17) is 4.74 Å². The Morgan fingerprint density at radius 1 is 1.00 bits per heavy atom. The van der Waals surface area contributed by atoms with E-state index in [1.165, 1.54) is 25.7 Å². The van der Waals surface area contributed by atoms with Crippen LogP contribution in [0.5, 0.6) is 5.75 Å². The number of rotatable bonds is 2. The molecule has 1 radical (unpaired) electrons. The minimum Gasteiger partial charge on any atom is -0.490 e. The van der Waals surface area contributed by atoms with E-state index in [0.29, 0.717) is 6.10 Å². The Morgan fingerprint density at radius 3 is 2.38 bits per heavy atom. The second kappa shape index (κ2) is 4.31. The van der Waals surface area contributed by atoms with Crippen LogP contribution in [0.15, 0.2) is 30.3 Å². The minimum absolute atomic E-state index is 0.437. The van der Waals surface area contributed by atoms with E-state index in [9.17, 15) is 0 Å². The van der Waals surface area contributed by atoms with E-state index in [1.807, 2.05) is 30.3 Å². The summed E-state index contributed by atoms with van der Waals surface area (Å²) in [6.45, 7) is 0. The molecule has 0 bridgehead atoms. The number of hydrogen-bond donors (Lipinski definition) is 0. The first kappa shape index (κ1) is 8.61. The number of para-hydroxylation sites is 1. The van der Waals surface area contributed by atoms with Gasteiger partial charge in [-0.05, 0) is 44.2 Å². The lowest BCUT2D eigenvalue weighted by Crippen LogP contribution is -2.19. The van der Waals surface area contributed by atoms with Crippen molar-refractivity contribution in [3.8, 4) is 5.75 Å². The van der Waals surface area contributed by atoms with Crippen LogP contribution >= 0.6 is 0 Å². The molecular formula is C12H15O. The first-order valence-corrected chi connectivity index (χ1v) is 4.98. The lowest BCUT2D eigenvalue weighted by molar-refractivity contribution is 0.168.